The number of nitriles is 1. The fraction of sp³-hybridized carbons (Fsp3) is 0.412. The lowest BCUT2D eigenvalue weighted by atomic mass is 10.2. The van der Waals surface area contributed by atoms with Crippen LogP contribution in [0.4, 0.5) is 0 Å². The van der Waals surface area contributed by atoms with E-state index in [0.29, 0.717) is 30.5 Å². The van der Waals surface area contributed by atoms with Gasteiger partial charge >= 0.3 is 0 Å². The van der Waals surface area contributed by atoms with Gasteiger partial charge in [0.05, 0.1) is 30.9 Å². The highest BCUT2D eigenvalue weighted by atomic mass is 32.2. The van der Waals surface area contributed by atoms with Crippen LogP contribution in [0.25, 0.3) is 11.4 Å². The summed E-state index contributed by atoms with van der Waals surface area (Å²) in [4.78, 5) is 13.7. The van der Waals surface area contributed by atoms with Gasteiger partial charge in [0.15, 0.2) is 11.0 Å². The highest BCUT2D eigenvalue weighted by molar-refractivity contribution is 7.99. The number of methoxy groups -OCH3 is 1. The van der Waals surface area contributed by atoms with Crippen molar-refractivity contribution in [2.45, 2.75) is 25.0 Å². The van der Waals surface area contributed by atoms with Gasteiger partial charge in [0.1, 0.15) is 5.75 Å². The maximum absolute atomic E-state index is 12.1. The van der Waals surface area contributed by atoms with Gasteiger partial charge in [-0.05, 0) is 19.1 Å². The quantitative estimate of drug-likeness (QED) is 0.673. The van der Waals surface area contributed by atoms with E-state index in [-0.39, 0.29) is 11.7 Å². The minimum Gasteiger partial charge on any atom is -0.496 e. The molecular weight excluding hydrogens is 338 g/mol. The molecule has 0 spiro atoms. The number of amides is 1. The van der Waals surface area contributed by atoms with Crippen molar-refractivity contribution in [3.63, 3.8) is 0 Å². The zero-order valence-corrected chi connectivity index (χ0v) is 15.4. The Bertz CT molecular complexity index is 769. The number of hydrogen-bond acceptors (Lipinski definition) is 6. The standard InChI is InChI=1S/C17H21N5O2S/c1-4-22-16(13-8-5-6-9-14(13)24-3)19-20-17(22)25-12-15(23)21(2)11-7-10-18/h5-6,8-9H,4,7,11-12H2,1-3H3. The maximum atomic E-state index is 12.1. The molecule has 0 atom stereocenters. The molecule has 1 aromatic carbocycles. The first-order valence-corrected chi connectivity index (χ1v) is 8.91. The summed E-state index contributed by atoms with van der Waals surface area (Å²) >= 11 is 1.34. The van der Waals surface area contributed by atoms with E-state index in [2.05, 4.69) is 10.2 Å². The number of carbonyl (C=O) groups is 1. The topological polar surface area (TPSA) is 84.0 Å². The Kier molecular flexibility index (Phi) is 6.83. The summed E-state index contributed by atoms with van der Waals surface area (Å²) in [6.07, 6.45) is 0.329. The number of para-hydroxylation sites is 1. The minimum atomic E-state index is -0.0373. The van der Waals surface area contributed by atoms with Gasteiger partial charge in [0.25, 0.3) is 0 Å². The van der Waals surface area contributed by atoms with E-state index in [9.17, 15) is 4.79 Å². The van der Waals surface area contributed by atoms with E-state index >= 15 is 0 Å². The van der Waals surface area contributed by atoms with E-state index in [1.807, 2.05) is 41.8 Å². The summed E-state index contributed by atoms with van der Waals surface area (Å²) in [7, 11) is 3.32. The highest BCUT2D eigenvalue weighted by Crippen LogP contribution is 2.30. The second-order valence-corrected chi connectivity index (χ2v) is 6.21. The highest BCUT2D eigenvalue weighted by Gasteiger charge is 2.18. The number of thioether (sulfide) groups is 1. The van der Waals surface area contributed by atoms with Gasteiger partial charge in [0.2, 0.25) is 5.91 Å². The summed E-state index contributed by atoms with van der Waals surface area (Å²) in [5.41, 5.74) is 0.865. The van der Waals surface area contributed by atoms with Crippen molar-refractivity contribution in [1.82, 2.24) is 19.7 Å². The third-order valence-corrected chi connectivity index (χ3v) is 4.64. The third kappa shape index (κ3) is 4.51. The molecule has 8 heteroatoms. The summed E-state index contributed by atoms with van der Waals surface area (Å²) in [6, 6.07) is 9.68. The first-order chi connectivity index (χ1) is 12.1. The lowest BCUT2D eigenvalue weighted by Crippen LogP contribution is -2.29. The molecule has 0 N–H and O–H groups in total. The first-order valence-electron chi connectivity index (χ1n) is 7.92. The van der Waals surface area contributed by atoms with Crippen LogP contribution in [0.15, 0.2) is 29.4 Å². The van der Waals surface area contributed by atoms with Crippen molar-refractivity contribution < 1.29 is 9.53 Å². The molecule has 0 saturated heterocycles. The molecular formula is C17H21N5O2S. The average Bonchev–Trinajstić information content (AvgIpc) is 3.06. The van der Waals surface area contributed by atoms with Gasteiger partial charge in [-0.15, -0.1) is 10.2 Å². The Morgan fingerprint density at radius 3 is 2.84 bits per heavy atom. The summed E-state index contributed by atoms with van der Waals surface area (Å²) < 4.78 is 7.36. The van der Waals surface area contributed by atoms with E-state index in [0.717, 1.165) is 11.3 Å². The average molecular weight is 359 g/mol. The molecule has 0 aliphatic rings. The number of nitrogens with zero attached hydrogens (tertiary/aromatic N) is 5. The number of aromatic nitrogens is 3. The van der Waals surface area contributed by atoms with Crippen LogP contribution in [0.2, 0.25) is 0 Å². The van der Waals surface area contributed by atoms with Gasteiger partial charge < -0.3 is 14.2 Å². The van der Waals surface area contributed by atoms with E-state index in [1.54, 1.807) is 19.1 Å². The van der Waals surface area contributed by atoms with Crippen LogP contribution in [-0.2, 0) is 11.3 Å². The predicted molar refractivity (Wildman–Crippen MR) is 96.3 cm³/mol. The van der Waals surface area contributed by atoms with E-state index < -0.39 is 0 Å². The normalized spacial score (nSPS) is 10.3. The van der Waals surface area contributed by atoms with Crippen molar-refractivity contribution in [1.29, 1.82) is 5.26 Å². The molecule has 0 aliphatic carbocycles. The number of benzene rings is 1. The smallest absolute Gasteiger partial charge is 0.232 e. The second-order valence-electron chi connectivity index (χ2n) is 5.26. The summed E-state index contributed by atoms with van der Waals surface area (Å²) in [5, 5.41) is 17.8. The van der Waals surface area contributed by atoms with Gasteiger partial charge in [-0.3, -0.25) is 4.79 Å². The van der Waals surface area contributed by atoms with Crippen LogP contribution in [0.3, 0.4) is 0 Å². The van der Waals surface area contributed by atoms with Crippen molar-refractivity contribution in [3.8, 4) is 23.2 Å². The van der Waals surface area contributed by atoms with Crippen LogP contribution in [0.5, 0.6) is 5.75 Å². The summed E-state index contributed by atoms with van der Waals surface area (Å²) in [5.74, 6) is 1.66. The van der Waals surface area contributed by atoms with Gasteiger partial charge in [-0.1, -0.05) is 23.9 Å². The molecule has 2 aromatic rings. The predicted octanol–water partition coefficient (Wildman–Crippen LogP) is 2.44. The van der Waals surface area contributed by atoms with Gasteiger partial charge in [-0.25, -0.2) is 0 Å². The van der Waals surface area contributed by atoms with Crippen LogP contribution < -0.4 is 4.74 Å². The minimum absolute atomic E-state index is 0.0373. The molecule has 0 unspecified atom stereocenters. The largest absolute Gasteiger partial charge is 0.496 e. The monoisotopic (exact) mass is 359 g/mol. The third-order valence-electron chi connectivity index (χ3n) is 3.69. The molecule has 1 heterocycles. The number of hydrogen-bond donors (Lipinski definition) is 0. The Balaban J connectivity index is 2.15. The maximum Gasteiger partial charge on any atom is 0.232 e. The Labute approximate surface area is 151 Å². The summed E-state index contributed by atoms with van der Waals surface area (Å²) in [6.45, 7) is 3.12. The molecule has 7 nitrogen and oxygen atoms in total. The Morgan fingerprint density at radius 2 is 2.16 bits per heavy atom. The lowest BCUT2D eigenvalue weighted by Gasteiger charge is -2.15. The molecule has 0 saturated carbocycles. The number of rotatable bonds is 8. The molecule has 0 bridgehead atoms. The van der Waals surface area contributed by atoms with Crippen molar-refractivity contribution in [2.24, 2.45) is 0 Å². The van der Waals surface area contributed by atoms with Gasteiger partial charge in [-0.2, -0.15) is 5.26 Å². The molecule has 1 aromatic heterocycles. The molecule has 0 aliphatic heterocycles. The SMILES string of the molecule is CCn1c(SCC(=O)N(C)CCC#N)nnc1-c1ccccc1OC. The first kappa shape index (κ1) is 18.8. The molecule has 0 radical (unpaired) electrons. The Morgan fingerprint density at radius 1 is 1.40 bits per heavy atom. The van der Waals surface area contributed by atoms with Crippen LogP contribution in [0, 0.1) is 11.3 Å². The van der Waals surface area contributed by atoms with Gasteiger partial charge in [0, 0.05) is 20.1 Å². The molecule has 2 rings (SSSR count). The van der Waals surface area contributed by atoms with Crippen molar-refractivity contribution in [3.05, 3.63) is 24.3 Å². The zero-order chi connectivity index (χ0) is 18.2. The fourth-order valence-electron chi connectivity index (χ4n) is 2.29. The number of carbonyl (C=O) groups excluding carboxylic acids is 1. The zero-order valence-electron chi connectivity index (χ0n) is 14.6. The van der Waals surface area contributed by atoms with Crippen LogP contribution >= 0.6 is 11.8 Å². The molecule has 1 amide bonds. The molecule has 25 heavy (non-hydrogen) atoms. The lowest BCUT2D eigenvalue weighted by molar-refractivity contribution is -0.127. The number of ether oxygens (including phenoxy) is 1. The van der Waals surface area contributed by atoms with Crippen LogP contribution in [0.1, 0.15) is 13.3 Å². The molecule has 132 valence electrons. The van der Waals surface area contributed by atoms with Crippen LogP contribution in [-0.4, -0.2) is 52.0 Å². The van der Waals surface area contributed by atoms with Crippen molar-refractivity contribution >= 4 is 17.7 Å². The van der Waals surface area contributed by atoms with Crippen molar-refractivity contribution in [2.75, 3.05) is 26.5 Å². The van der Waals surface area contributed by atoms with E-state index in [1.165, 1.54) is 11.8 Å². The second kappa shape index (κ2) is 9.08. The fourth-order valence-corrected chi connectivity index (χ4v) is 3.23. The van der Waals surface area contributed by atoms with E-state index in [4.69, 9.17) is 10.00 Å². The Hall–Kier alpha value is -2.53. The molecule has 0 fully saturated rings.